The average Bonchev–Trinajstić information content (AvgIpc) is 3.22. The second-order valence-corrected chi connectivity index (χ2v) is 8.54. The maximum Gasteiger partial charge on any atom is 0.325 e. The van der Waals surface area contributed by atoms with Crippen LogP contribution in [0.2, 0.25) is 0 Å². The first-order valence-corrected chi connectivity index (χ1v) is 11.4. The molecule has 3 atom stereocenters. The molecule has 4 rings (SSSR count). The lowest BCUT2D eigenvalue weighted by Crippen LogP contribution is -2.65. The van der Waals surface area contributed by atoms with Crippen LogP contribution in [0.25, 0.3) is 0 Å². The van der Waals surface area contributed by atoms with Crippen LogP contribution in [-0.2, 0) is 4.79 Å². The largest absolute Gasteiger partial charge is 0.497 e. The Balaban J connectivity index is 1.46. The van der Waals surface area contributed by atoms with Gasteiger partial charge in [-0.3, -0.25) is 15.0 Å². The third kappa shape index (κ3) is 5.03. The fourth-order valence-corrected chi connectivity index (χ4v) is 4.43. The van der Waals surface area contributed by atoms with E-state index in [9.17, 15) is 19.8 Å². The van der Waals surface area contributed by atoms with Gasteiger partial charge in [0.2, 0.25) is 0 Å². The van der Waals surface area contributed by atoms with Crippen molar-refractivity contribution in [3.63, 3.8) is 0 Å². The fraction of sp³-hybridized carbons (Fsp3) is 0.591. The molecule has 0 spiro atoms. The Kier molecular flexibility index (Phi) is 7.39. The van der Waals surface area contributed by atoms with Crippen LogP contribution < -0.4 is 14.8 Å². The highest BCUT2D eigenvalue weighted by atomic mass is 16.5. The predicted octanol–water partition coefficient (Wildman–Crippen LogP) is -1.41. The lowest BCUT2D eigenvalue weighted by Gasteiger charge is -2.40. The van der Waals surface area contributed by atoms with E-state index in [2.05, 4.69) is 15.1 Å². The monoisotopic (exact) mass is 476 g/mol. The number of nitrogens with one attached hydrogen (secondary N) is 1. The molecule has 0 aromatic heterocycles. The van der Waals surface area contributed by atoms with Gasteiger partial charge in [0.15, 0.2) is 18.2 Å². The molecule has 3 heterocycles. The molecule has 3 aliphatic heterocycles. The van der Waals surface area contributed by atoms with Crippen molar-refractivity contribution in [2.75, 3.05) is 66.6 Å². The highest BCUT2D eigenvalue weighted by Crippen LogP contribution is 2.26. The van der Waals surface area contributed by atoms with E-state index in [0.717, 1.165) is 13.1 Å². The molecule has 0 saturated carbocycles. The molecule has 12 heteroatoms. The first-order valence-electron chi connectivity index (χ1n) is 11.4. The molecule has 186 valence electrons. The van der Waals surface area contributed by atoms with Crippen molar-refractivity contribution in [2.24, 2.45) is 4.99 Å². The highest BCUT2D eigenvalue weighted by Gasteiger charge is 2.50. The average molecular weight is 477 g/mol. The first kappa shape index (κ1) is 24.0. The van der Waals surface area contributed by atoms with Crippen molar-refractivity contribution in [2.45, 2.75) is 18.3 Å². The number of piperazine rings is 1. The first-order chi connectivity index (χ1) is 16.4. The second-order valence-electron chi connectivity index (χ2n) is 8.54. The third-order valence-corrected chi connectivity index (χ3v) is 6.32. The Labute approximate surface area is 198 Å². The lowest BCUT2D eigenvalue weighted by molar-refractivity contribution is -0.127. The molecule has 2 fully saturated rings. The van der Waals surface area contributed by atoms with Crippen LogP contribution in [0.3, 0.4) is 0 Å². The van der Waals surface area contributed by atoms with Gasteiger partial charge in [-0.05, 0) is 24.3 Å². The normalized spacial score (nSPS) is 24.0. The number of nitrogens with zero attached hydrogens (tertiary/aromatic N) is 5. The second kappa shape index (κ2) is 10.5. The number of methoxy groups -OCH3 is 1. The number of aliphatic hydroxyl groups is 2. The molecule has 3 unspecified atom stereocenters. The molecule has 34 heavy (non-hydrogen) atoms. The van der Waals surface area contributed by atoms with Gasteiger partial charge in [-0.2, -0.15) is 0 Å². The van der Waals surface area contributed by atoms with Gasteiger partial charge in [0.25, 0.3) is 5.91 Å². The van der Waals surface area contributed by atoms with Crippen LogP contribution in [0, 0.1) is 0 Å². The summed E-state index contributed by atoms with van der Waals surface area (Å²) >= 11 is 0. The summed E-state index contributed by atoms with van der Waals surface area (Å²) in [6.07, 6.45) is -1.57. The number of benzene rings is 1. The number of guanidine groups is 1. The topological polar surface area (TPSA) is 130 Å². The molecule has 2 saturated heterocycles. The van der Waals surface area contributed by atoms with E-state index in [1.807, 2.05) is 0 Å². The van der Waals surface area contributed by atoms with Crippen molar-refractivity contribution in [3.8, 4) is 11.5 Å². The Morgan fingerprint density at radius 3 is 2.47 bits per heavy atom. The Morgan fingerprint density at radius 1 is 1.15 bits per heavy atom. The van der Waals surface area contributed by atoms with E-state index in [1.54, 1.807) is 43.3 Å². The van der Waals surface area contributed by atoms with Crippen LogP contribution in [0.5, 0.6) is 11.5 Å². The minimum Gasteiger partial charge on any atom is -0.497 e. The van der Waals surface area contributed by atoms with Gasteiger partial charge < -0.3 is 34.4 Å². The SMILES string of the molecule is COc1ccc(OCC(O)CN2C(N3CCN(CCO)CC3)=NC3C2C(=O)NC(=O)N3C)cc1. The van der Waals surface area contributed by atoms with E-state index in [-0.39, 0.29) is 19.8 Å². The molecule has 0 radical (unpaired) electrons. The number of amides is 3. The van der Waals surface area contributed by atoms with Gasteiger partial charge in [-0.1, -0.05) is 0 Å². The minimum atomic E-state index is -0.905. The summed E-state index contributed by atoms with van der Waals surface area (Å²) in [7, 11) is 3.19. The van der Waals surface area contributed by atoms with Crippen molar-refractivity contribution in [1.29, 1.82) is 0 Å². The van der Waals surface area contributed by atoms with Gasteiger partial charge in [0.1, 0.15) is 24.2 Å². The Morgan fingerprint density at radius 2 is 1.82 bits per heavy atom. The van der Waals surface area contributed by atoms with E-state index in [1.165, 1.54) is 4.90 Å². The molecule has 3 aliphatic rings. The maximum atomic E-state index is 12.8. The molecule has 1 aromatic rings. The summed E-state index contributed by atoms with van der Waals surface area (Å²) in [5.74, 6) is 1.44. The van der Waals surface area contributed by atoms with Crippen molar-refractivity contribution >= 4 is 17.9 Å². The molecule has 1 aromatic carbocycles. The number of hydrogen-bond donors (Lipinski definition) is 3. The van der Waals surface area contributed by atoms with Gasteiger partial charge in [0, 0.05) is 39.8 Å². The number of aliphatic imine (C=N–C) groups is 1. The molecule has 0 bridgehead atoms. The van der Waals surface area contributed by atoms with Gasteiger partial charge in [-0.15, -0.1) is 0 Å². The van der Waals surface area contributed by atoms with Gasteiger partial charge in [0.05, 0.1) is 20.3 Å². The number of rotatable bonds is 8. The summed E-state index contributed by atoms with van der Waals surface area (Å²) in [5, 5.41) is 22.4. The summed E-state index contributed by atoms with van der Waals surface area (Å²) < 4.78 is 10.9. The zero-order chi connectivity index (χ0) is 24.2. The van der Waals surface area contributed by atoms with Crippen LogP contribution >= 0.6 is 0 Å². The Bertz CT molecular complexity index is 904. The molecular weight excluding hydrogens is 444 g/mol. The van der Waals surface area contributed by atoms with E-state index < -0.39 is 30.2 Å². The zero-order valence-corrected chi connectivity index (χ0v) is 19.5. The quantitative estimate of drug-likeness (QED) is 0.414. The summed E-state index contributed by atoms with van der Waals surface area (Å²) in [4.78, 5) is 37.1. The third-order valence-electron chi connectivity index (χ3n) is 6.32. The minimum absolute atomic E-state index is 0.0220. The number of aliphatic hydroxyl groups excluding tert-OH is 2. The molecule has 0 aliphatic carbocycles. The summed E-state index contributed by atoms with van der Waals surface area (Å²) in [6, 6.07) is 5.83. The van der Waals surface area contributed by atoms with Crippen LogP contribution in [-0.4, -0.2) is 133 Å². The highest BCUT2D eigenvalue weighted by molar-refractivity contribution is 6.03. The molecule has 3 N–H and O–H groups in total. The summed E-state index contributed by atoms with van der Waals surface area (Å²) in [6.45, 7) is 3.65. The van der Waals surface area contributed by atoms with Crippen LogP contribution in [0.1, 0.15) is 0 Å². The maximum absolute atomic E-state index is 12.8. The van der Waals surface area contributed by atoms with Crippen LogP contribution in [0.4, 0.5) is 4.79 Å². The molecule has 3 amide bonds. The van der Waals surface area contributed by atoms with E-state index in [0.29, 0.717) is 37.1 Å². The zero-order valence-electron chi connectivity index (χ0n) is 19.5. The number of carbonyl (C=O) groups excluding carboxylic acids is 2. The van der Waals surface area contributed by atoms with E-state index >= 15 is 0 Å². The van der Waals surface area contributed by atoms with E-state index in [4.69, 9.17) is 14.5 Å². The van der Waals surface area contributed by atoms with Crippen LogP contribution in [0.15, 0.2) is 29.3 Å². The number of ether oxygens (including phenoxy) is 2. The number of urea groups is 1. The Hall–Kier alpha value is -3.09. The standard InChI is InChI=1S/C22H32N6O6/c1-25-19-18(20(31)24-22(25)32)28(21(23-19)27-9-7-26(8-10-27)11-12-29)13-15(30)14-34-17-5-3-16(33-2)4-6-17/h3-6,15,18-19,29-30H,7-14H2,1-2H3,(H,24,31,32). The fourth-order valence-electron chi connectivity index (χ4n) is 4.43. The van der Waals surface area contributed by atoms with Crippen molar-refractivity contribution in [1.82, 2.24) is 24.9 Å². The number of hydrogen-bond acceptors (Lipinski definition) is 10. The molecular formula is C22H32N6O6. The predicted molar refractivity (Wildman–Crippen MR) is 123 cm³/mol. The number of imide groups is 1. The van der Waals surface area contributed by atoms with Gasteiger partial charge in [-0.25, -0.2) is 9.79 Å². The lowest BCUT2D eigenvalue weighted by atomic mass is 10.1. The smallest absolute Gasteiger partial charge is 0.325 e. The van der Waals surface area contributed by atoms with Crippen molar-refractivity contribution < 1.29 is 29.3 Å². The number of β-amino-alcohol motifs (C(OH)–C–C–N with tert-alkyl or cyclic N) is 2. The number of likely N-dealkylation sites (N-methyl/N-ethyl adjacent to an activating group) is 1. The van der Waals surface area contributed by atoms with Crippen molar-refractivity contribution in [3.05, 3.63) is 24.3 Å². The summed E-state index contributed by atoms with van der Waals surface area (Å²) in [5.41, 5.74) is 0. The van der Waals surface area contributed by atoms with Gasteiger partial charge >= 0.3 is 6.03 Å². The molecule has 12 nitrogen and oxygen atoms in total. The number of carbonyl (C=O) groups is 2. The number of fused-ring (bicyclic) bond motifs is 1.